The Morgan fingerprint density at radius 1 is 1.36 bits per heavy atom. The van der Waals surface area contributed by atoms with Gasteiger partial charge < -0.3 is 4.74 Å². The van der Waals surface area contributed by atoms with E-state index in [0.29, 0.717) is 0 Å². The Morgan fingerprint density at radius 2 is 2.00 bits per heavy atom. The summed E-state index contributed by atoms with van der Waals surface area (Å²) in [7, 11) is 1.11. The predicted molar refractivity (Wildman–Crippen MR) is 49.5 cm³/mol. The van der Waals surface area contributed by atoms with Crippen LogP contribution in [0.4, 0.5) is 8.78 Å². The number of carbonyl (C=O) groups excluding carboxylic acids is 1. The summed E-state index contributed by atoms with van der Waals surface area (Å²) in [5.74, 6) is -2.28. The van der Waals surface area contributed by atoms with Crippen molar-refractivity contribution in [1.29, 1.82) is 0 Å². The van der Waals surface area contributed by atoms with E-state index in [9.17, 15) is 13.6 Å². The number of benzene rings is 1. The first-order valence-corrected chi connectivity index (χ1v) is 4.94. The van der Waals surface area contributed by atoms with E-state index >= 15 is 0 Å². The summed E-state index contributed by atoms with van der Waals surface area (Å²) in [6, 6.07) is 1.82. The maximum Gasteiger partial charge on any atom is 0.340 e. The quantitative estimate of drug-likeness (QED) is 0.563. The monoisotopic (exact) mass is 218 g/mol. The summed E-state index contributed by atoms with van der Waals surface area (Å²) in [6.45, 7) is 0. The van der Waals surface area contributed by atoms with E-state index in [1.54, 1.807) is 6.26 Å². The first kappa shape index (κ1) is 11.0. The molecule has 5 heteroatoms. The van der Waals surface area contributed by atoms with Crippen LogP contribution in [0.15, 0.2) is 17.0 Å². The Morgan fingerprint density at radius 3 is 2.50 bits per heavy atom. The van der Waals surface area contributed by atoms with Crippen LogP contribution >= 0.6 is 11.8 Å². The summed E-state index contributed by atoms with van der Waals surface area (Å²) >= 11 is 1.07. The molecule has 0 bridgehead atoms. The molecule has 0 saturated carbocycles. The molecule has 0 atom stereocenters. The zero-order valence-electron chi connectivity index (χ0n) is 7.64. The van der Waals surface area contributed by atoms with Gasteiger partial charge in [-0.05, 0) is 18.4 Å². The first-order chi connectivity index (χ1) is 6.60. The van der Waals surface area contributed by atoms with Gasteiger partial charge >= 0.3 is 5.97 Å². The van der Waals surface area contributed by atoms with E-state index in [1.807, 2.05) is 0 Å². The Bertz CT molecular complexity index is 366. The number of methoxy groups -OCH3 is 1. The second-order valence-corrected chi connectivity index (χ2v) is 3.31. The van der Waals surface area contributed by atoms with E-state index in [-0.39, 0.29) is 10.5 Å². The highest BCUT2D eigenvalue weighted by atomic mass is 32.2. The maximum absolute atomic E-state index is 13.2. The Labute approximate surface area is 84.3 Å². The molecule has 1 aromatic carbocycles. The number of esters is 1. The second-order valence-electron chi connectivity index (χ2n) is 2.46. The van der Waals surface area contributed by atoms with Crippen LogP contribution in [0.25, 0.3) is 0 Å². The molecule has 0 N–H and O–H groups in total. The average molecular weight is 218 g/mol. The third kappa shape index (κ3) is 2.04. The smallest absolute Gasteiger partial charge is 0.340 e. The fraction of sp³-hybridized carbons (Fsp3) is 0.222. The van der Waals surface area contributed by atoms with Crippen LogP contribution in [0.5, 0.6) is 0 Å². The van der Waals surface area contributed by atoms with Gasteiger partial charge in [-0.3, -0.25) is 0 Å². The summed E-state index contributed by atoms with van der Waals surface area (Å²) in [6.07, 6.45) is 1.62. The van der Waals surface area contributed by atoms with Crippen LogP contribution < -0.4 is 0 Å². The highest BCUT2D eigenvalue weighted by molar-refractivity contribution is 7.98. The number of carbonyl (C=O) groups is 1. The van der Waals surface area contributed by atoms with Crippen LogP contribution in [-0.2, 0) is 4.74 Å². The van der Waals surface area contributed by atoms with Crippen molar-refractivity contribution in [3.63, 3.8) is 0 Å². The SMILES string of the molecule is COC(=O)c1cc(F)c(SC)cc1F. The minimum atomic E-state index is -0.881. The molecule has 0 aliphatic heterocycles. The molecular weight excluding hydrogens is 210 g/mol. The lowest BCUT2D eigenvalue weighted by Crippen LogP contribution is -2.05. The maximum atomic E-state index is 13.2. The summed E-state index contributed by atoms with van der Waals surface area (Å²) in [4.78, 5) is 11.1. The van der Waals surface area contributed by atoms with Gasteiger partial charge in [0.2, 0.25) is 0 Å². The standard InChI is InChI=1S/C9H8F2O2S/c1-13-9(12)5-3-7(11)8(14-2)4-6(5)10/h3-4H,1-2H3. The molecule has 1 rings (SSSR count). The molecule has 0 radical (unpaired) electrons. The minimum Gasteiger partial charge on any atom is -0.465 e. The molecule has 2 nitrogen and oxygen atoms in total. The lowest BCUT2D eigenvalue weighted by molar-refractivity contribution is 0.0594. The second kappa shape index (κ2) is 4.41. The van der Waals surface area contributed by atoms with Crippen molar-refractivity contribution in [2.24, 2.45) is 0 Å². The van der Waals surface area contributed by atoms with Gasteiger partial charge in [-0.2, -0.15) is 0 Å². The summed E-state index contributed by atoms with van der Waals surface area (Å²) < 4.78 is 30.6. The Balaban J connectivity index is 3.21. The van der Waals surface area contributed by atoms with Gasteiger partial charge in [-0.1, -0.05) is 0 Å². The zero-order valence-corrected chi connectivity index (χ0v) is 8.45. The third-order valence-electron chi connectivity index (χ3n) is 1.65. The van der Waals surface area contributed by atoms with Gasteiger partial charge in [0, 0.05) is 4.90 Å². The van der Waals surface area contributed by atoms with E-state index in [2.05, 4.69) is 4.74 Å². The topological polar surface area (TPSA) is 26.3 Å². The first-order valence-electron chi connectivity index (χ1n) is 3.71. The number of ether oxygens (including phenoxy) is 1. The molecule has 0 aliphatic carbocycles. The lowest BCUT2D eigenvalue weighted by atomic mass is 10.2. The zero-order chi connectivity index (χ0) is 10.7. The number of hydrogen-bond acceptors (Lipinski definition) is 3. The fourth-order valence-corrected chi connectivity index (χ4v) is 1.43. The predicted octanol–water partition coefficient (Wildman–Crippen LogP) is 2.47. The number of hydrogen-bond donors (Lipinski definition) is 0. The van der Waals surface area contributed by atoms with Gasteiger partial charge in [0.1, 0.15) is 11.6 Å². The Kier molecular flexibility index (Phi) is 3.46. The number of halogens is 2. The molecule has 0 fully saturated rings. The van der Waals surface area contributed by atoms with Crippen LogP contribution in [0.3, 0.4) is 0 Å². The molecule has 1 aromatic rings. The van der Waals surface area contributed by atoms with Crippen LogP contribution in [-0.4, -0.2) is 19.3 Å². The molecule has 0 saturated heterocycles. The van der Waals surface area contributed by atoms with Crippen LogP contribution in [0.1, 0.15) is 10.4 Å². The molecule has 0 aliphatic rings. The highest BCUT2D eigenvalue weighted by Crippen LogP contribution is 2.22. The molecular formula is C9H8F2O2S. The molecule has 0 heterocycles. The van der Waals surface area contributed by atoms with Crippen molar-refractivity contribution in [2.45, 2.75) is 4.90 Å². The van der Waals surface area contributed by atoms with E-state index in [0.717, 1.165) is 31.0 Å². The minimum absolute atomic E-state index is 0.162. The molecule has 0 aromatic heterocycles. The van der Waals surface area contributed by atoms with Crippen molar-refractivity contribution in [1.82, 2.24) is 0 Å². The molecule has 14 heavy (non-hydrogen) atoms. The van der Waals surface area contributed by atoms with Crippen molar-refractivity contribution < 1.29 is 18.3 Å². The Hall–Kier alpha value is -1.10. The molecule has 76 valence electrons. The van der Waals surface area contributed by atoms with Crippen molar-refractivity contribution >= 4 is 17.7 Å². The van der Waals surface area contributed by atoms with E-state index in [1.165, 1.54) is 0 Å². The molecule has 0 amide bonds. The summed E-state index contributed by atoms with van der Waals surface area (Å²) in [5, 5.41) is 0. The highest BCUT2D eigenvalue weighted by Gasteiger charge is 2.15. The molecule has 0 unspecified atom stereocenters. The summed E-state index contributed by atoms with van der Waals surface area (Å²) in [5.41, 5.74) is -0.386. The normalized spacial score (nSPS) is 10.0. The van der Waals surface area contributed by atoms with Gasteiger partial charge in [0.05, 0.1) is 12.7 Å². The van der Waals surface area contributed by atoms with Gasteiger partial charge in [-0.15, -0.1) is 11.8 Å². The van der Waals surface area contributed by atoms with Gasteiger partial charge in [0.15, 0.2) is 0 Å². The third-order valence-corrected chi connectivity index (χ3v) is 2.40. The van der Waals surface area contributed by atoms with Crippen molar-refractivity contribution in [3.8, 4) is 0 Å². The van der Waals surface area contributed by atoms with Gasteiger partial charge in [-0.25, -0.2) is 13.6 Å². The van der Waals surface area contributed by atoms with Crippen molar-refractivity contribution in [2.75, 3.05) is 13.4 Å². The van der Waals surface area contributed by atoms with Crippen molar-refractivity contribution in [3.05, 3.63) is 29.3 Å². The lowest BCUT2D eigenvalue weighted by Gasteiger charge is -2.04. The van der Waals surface area contributed by atoms with E-state index in [4.69, 9.17) is 0 Å². The fourth-order valence-electron chi connectivity index (χ4n) is 0.951. The molecule has 0 spiro atoms. The van der Waals surface area contributed by atoms with Crippen LogP contribution in [0.2, 0.25) is 0 Å². The average Bonchev–Trinajstić information content (AvgIpc) is 2.19. The van der Waals surface area contributed by atoms with Gasteiger partial charge in [0.25, 0.3) is 0 Å². The largest absolute Gasteiger partial charge is 0.465 e. The van der Waals surface area contributed by atoms with Crippen LogP contribution in [0, 0.1) is 11.6 Å². The number of thioether (sulfide) groups is 1. The van der Waals surface area contributed by atoms with E-state index < -0.39 is 17.6 Å². The number of rotatable bonds is 2.